The van der Waals surface area contributed by atoms with Gasteiger partial charge in [-0.25, -0.2) is 0 Å². The average Bonchev–Trinajstić information content (AvgIpc) is 3.03. The first-order valence-electron chi connectivity index (χ1n) is 7.62. The highest BCUT2D eigenvalue weighted by molar-refractivity contribution is 5.93. The Morgan fingerprint density at radius 1 is 1.08 bits per heavy atom. The van der Waals surface area contributed by atoms with Crippen LogP contribution in [0.4, 0.5) is 5.69 Å². The molecule has 0 fully saturated rings. The highest BCUT2D eigenvalue weighted by atomic mass is 16.5. The molecule has 3 aromatic rings. The fourth-order valence-electron chi connectivity index (χ4n) is 2.72. The zero-order chi connectivity index (χ0) is 18.0. The summed E-state index contributed by atoms with van der Waals surface area (Å²) >= 11 is 0. The Bertz CT molecular complexity index is 908. The molecule has 7 nitrogen and oxygen atoms in total. The van der Waals surface area contributed by atoms with Crippen LogP contribution in [0, 0.1) is 0 Å². The van der Waals surface area contributed by atoms with Crippen molar-refractivity contribution >= 4 is 22.5 Å². The molecular weight excluding hydrogens is 322 g/mol. The van der Waals surface area contributed by atoms with Crippen molar-refractivity contribution in [1.29, 1.82) is 0 Å². The standard InChI is InChI=1S/C18H19N3O4/c1-23-15-6-11(7-16(24-2)18(15)25-3)8-17(22)21-14-9-13(19)5-4-12(14)10-20-21/h4-7,9-10H,8,19H2,1-3H3. The molecule has 2 N–H and O–H groups in total. The van der Waals surface area contributed by atoms with E-state index in [1.165, 1.54) is 26.0 Å². The topological polar surface area (TPSA) is 88.6 Å². The van der Waals surface area contributed by atoms with Gasteiger partial charge in [0.1, 0.15) is 0 Å². The summed E-state index contributed by atoms with van der Waals surface area (Å²) in [5, 5.41) is 5.03. The number of hydrogen-bond donors (Lipinski definition) is 1. The average molecular weight is 341 g/mol. The van der Waals surface area contributed by atoms with Crippen LogP contribution in [0.3, 0.4) is 0 Å². The Hall–Kier alpha value is -3.22. The molecule has 130 valence electrons. The van der Waals surface area contributed by atoms with Gasteiger partial charge < -0.3 is 19.9 Å². The van der Waals surface area contributed by atoms with Crippen LogP contribution in [0.1, 0.15) is 10.4 Å². The van der Waals surface area contributed by atoms with Gasteiger partial charge in [0.25, 0.3) is 5.91 Å². The minimum Gasteiger partial charge on any atom is -0.493 e. The number of ether oxygens (including phenoxy) is 3. The molecule has 3 rings (SSSR count). The number of nitrogens with zero attached hydrogens (tertiary/aromatic N) is 2. The molecule has 0 saturated heterocycles. The van der Waals surface area contributed by atoms with Gasteiger partial charge >= 0.3 is 0 Å². The molecule has 1 heterocycles. The normalized spacial score (nSPS) is 10.7. The van der Waals surface area contributed by atoms with E-state index >= 15 is 0 Å². The fourth-order valence-corrected chi connectivity index (χ4v) is 2.72. The number of carbonyl (C=O) groups excluding carboxylic acids is 1. The molecule has 1 aromatic heterocycles. The molecule has 0 amide bonds. The van der Waals surface area contributed by atoms with Gasteiger partial charge in [0.05, 0.1) is 39.5 Å². The van der Waals surface area contributed by atoms with E-state index in [2.05, 4.69) is 5.10 Å². The third-order valence-corrected chi connectivity index (χ3v) is 3.91. The van der Waals surface area contributed by atoms with Crippen molar-refractivity contribution in [2.24, 2.45) is 0 Å². The lowest BCUT2D eigenvalue weighted by atomic mass is 10.1. The van der Waals surface area contributed by atoms with Crippen molar-refractivity contribution in [2.75, 3.05) is 27.1 Å². The van der Waals surface area contributed by atoms with Crippen molar-refractivity contribution < 1.29 is 19.0 Å². The number of hydrogen-bond acceptors (Lipinski definition) is 6. The first kappa shape index (κ1) is 16.6. The monoisotopic (exact) mass is 341 g/mol. The van der Waals surface area contributed by atoms with Crippen molar-refractivity contribution in [2.45, 2.75) is 6.42 Å². The van der Waals surface area contributed by atoms with Gasteiger partial charge in [-0.1, -0.05) is 0 Å². The zero-order valence-corrected chi connectivity index (χ0v) is 14.3. The maximum Gasteiger partial charge on any atom is 0.251 e. The van der Waals surface area contributed by atoms with Gasteiger partial charge in [-0.2, -0.15) is 9.78 Å². The molecule has 0 aliphatic rings. The van der Waals surface area contributed by atoms with Crippen molar-refractivity contribution in [3.8, 4) is 17.2 Å². The van der Waals surface area contributed by atoms with Crippen molar-refractivity contribution in [3.05, 3.63) is 42.1 Å². The van der Waals surface area contributed by atoms with Crippen LogP contribution < -0.4 is 19.9 Å². The summed E-state index contributed by atoms with van der Waals surface area (Å²) < 4.78 is 17.3. The Morgan fingerprint density at radius 2 is 1.76 bits per heavy atom. The van der Waals surface area contributed by atoms with Crippen LogP contribution in [-0.2, 0) is 6.42 Å². The second kappa shape index (κ2) is 6.72. The first-order valence-corrected chi connectivity index (χ1v) is 7.62. The Labute approximate surface area is 144 Å². The number of rotatable bonds is 5. The van der Waals surface area contributed by atoms with E-state index in [0.29, 0.717) is 28.5 Å². The number of aromatic nitrogens is 2. The second-order valence-electron chi connectivity index (χ2n) is 5.48. The molecule has 0 aliphatic carbocycles. The molecule has 0 bridgehead atoms. The molecule has 2 aromatic carbocycles. The van der Waals surface area contributed by atoms with Gasteiger partial charge in [0, 0.05) is 11.1 Å². The number of anilines is 1. The van der Waals surface area contributed by atoms with E-state index in [4.69, 9.17) is 19.9 Å². The van der Waals surface area contributed by atoms with Crippen LogP contribution in [0.2, 0.25) is 0 Å². The number of nitrogen functional groups attached to an aromatic ring is 1. The molecule has 0 radical (unpaired) electrons. The molecule has 25 heavy (non-hydrogen) atoms. The van der Waals surface area contributed by atoms with Gasteiger partial charge in [-0.05, 0) is 35.9 Å². The number of methoxy groups -OCH3 is 3. The smallest absolute Gasteiger partial charge is 0.251 e. The van der Waals surface area contributed by atoms with Crippen LogP contribution in [0.15, 0.2) is 36.5 Å². The summed E-state index contributed by atoms with van der Waals surface area (Å²) in [5.74, 6) is 1.30. The molecule has 0 saturated carbocycles. The predicted molar refractivity (Wildman–Crippen MR) is 94.6 cm³/mol. The summed E-state index contributed by atoms with van der Waals surface area (Å²) in [6.07, 6.45) is 1.77. The predicted octanol–water partition coefficient (Wildman–Crippen LogP) is 2.53. The number of nitrogens with two attached hydrogens (primary N) is 1. The summed E-state index contributed by atoms with van der Waals surface area (Å²) in [5.41, 5.74) is 7.80. The largest absolute Gasteiger partial charge is 0.493 e. The van der Waals surface area contributed by atoms with E-state index in [9.17, 15) is 4.79 Å². The number of benzene rings is 2. The molecule has 7 heteroatoms. The highest BCUT2D eigenvalue weighted by Gasteiger charge is 2.17. The van der Waals surface area contributed by atoms with E-state index in [1.54, 1.807) is 30.5 Å². The Kier molecular flexibility index (Phi) is 4.47. The summed E-state index contributed by atoms with van der Waals surface area (Å²) in [6.45, 7) is 0. The Morgan fingerprint density at radius 3 is 2.36 bits per heavy atom. The Balaban J connectivity index is 1.96. The molecule has 0 spiro atoms. The van der Waals surface area contributed by atoms with Crippen molar-refractivity contribution in [3.63, 3.8) is 0 Å². The van der Waals surface area contributed by atoms with Gasteiger partial charge in [0.2, 0.25) is 5.75 Å². The van der Waals surface area contributed by atoms with Crippen LogP contribution in [0.25, 0.3) is 10.9 Å². The summed E-state index contributed by atoms with van der Waals surface area (Å²) in [4.78, 5) is 12.7. The lowest BCUT2D eigenvalue weighted by Gasteiger charge is -2.14. The lowest BCUT2D eigenvalue weighted by Crippen LogP contribution is -2.15. The van der Waals surface area contributed by atoms with E-state index in [1.807, 2.05) is 6.07 Å². The fraction of sp³-hybridized carbons (Fsp3) is 0.222. The highest BCUT2D eigenvalue weighted by Crippen LogP contribution is 2.38. The van der Waals surface area contributed by atoms with Gasteiger partial charge in [0.15, 0.2) is 11.5 Å². The minimum absolute atomic E-state index is 0.127. The maximum absolute atomic E-state index is 12.7. The molecule has 0 aliphatic heterocycles. The molecular formula is C18H19N3O4. The SMILES string of the molecule is COc1cc(CC(=O)n2ncc3ccc(N)cc32)cc(OC)c1OC. The summed E-state index contributed by atoms with van der Waals surface area (Å²) in [7, 11) is 4.60. The van der Waals surface area contributed by atoms with Crippen LogP contribution in [-0.4, -0.2) is 37.0 Å². The first-order chi connectivity index (χ1) is 12.1. The van der Waals surface area contributed by atoms with Crippen LogP contribution >= 0.6 is 0 Å². The summed E-state index contributed by atoms with van der Waals surface area (Å²) in [6, 6.07) is 8.84. The van der Waals surface area contributed by atoms with E-state index < -0.39 is 0 Å². The molecule has 0 unspecified atom stereocenters. The third kappa shape index (κ3) is 3.08. The van der Waals surface area contributed by atoms with Crippen LogP contribution in [0.5, 0.6) is 17.2 Å². The minimum atomic E-state index is -0.185. The quantitative estimate of drug-likeness (QED) is 0.718. The van der Waals surface area contributed by atoms with Gasteiger partial charge in [-0.15, -0.1) is 0 Å². The lowest BCUT2D eigenvalue weighted by molar-refractivity contribution is 0.0904. The number of fused-ring (bicyclic) bond motifs is 1. The number of carbonyl (C=O) groups is 1. The maximum atomic E-state index is 12.7. The van der Waals surface area contributed by atoms with Crippen molar-refractivity contribution in [1.82, 2.24) is 9.78 Å². The zero-order valence-electron chi connectivity index (χ0n) is 14.3. The third-order valence-electron chi connectivity index (χ3n) is 3.91. The van der Waals surface area contributed by atoms with Gasteiger partial charge in [-0.3, -0.25) is 4.79 Å². The van der Waals surface area contributed by atoms with E-state index in [0.717, 1.165) is 10.9 Å². The second-order valence-corrected chi connectivity index (χ2v) is 5.48. The molecule has 0 atom stereocenters. The van der Waals surface area contributed by atoms with E-state index in [-0.39, 0.29) is 12.3 Å².